The number of hydrogen-bond donors (Lipinski definition) is 2. The number of rotatable bonds is 7. The van der Waals surface area contributed by atoms with E-state index in [0.717, 1.165) is 28.0 Å². The SMILES string of the molecule is Cc1cc(-c2cccc(CO)c2)ccc1OCCC(C)C(=O)O. The third-order valence-electron chi connectivity index (χ3n) is 3.85. The monoisotopic (exact) mass is 314 g/mol. The molecule has 4 nitrogen and oxygen atoms in total. The average Bonchev–Trinajstić information content (AvgIpc) is 2.56. The summed E-state index contributed by atoms with van der Waals surface area (Å²) in [7, 11) is 0. The Bertz CT molecular complexity index is 679. The number of aliphatic hydroxyl groups excluding tert-OH is 1. The number of aryl methyl sites for hydroxylation is 1. The molecule has 2 aromatic carbocycles. The number of hydrogen-bond acceptors (Lipinski definition) is 3. The van der Waals surface area contributed by atoms with E-state index in [9.17, 15) is 9.90 Å². The van der Waals surface area contributed by atoms with Gasteiger partial charge in [0.2, 0.25) is 0 Å². The van der Waals surface area contributed by atoms with E-state index in [-0.39, 0.29) is 6.61 Å². The Morgan fingerprint density at radius 2 is 1.91 bits per heavy atom. The van der Waals surface area contributed by atoms with Gasteiger partial charge in [0.25, 0.3) is 0 Å². The zero-order valence-corrected chi connectivity index (χ0v) is 13.5. The molecule has 0 aliphatic rings. The second-order valence-electron chi connectivity index (χ2n) is 5.72. The summed E-state index contributed by atoms with van der Waals surface area (Å²) in [5, 5.41) is 18.1. The molecule has 0 saturated carbocycles. The highest BCUT2D eigenvalue weighted by molar-refractivity contribution is 5.69. The molecule has 0 saturated heterocycles. The van der Waals surface area contributed by atoms with Crippen LogP contribution < -0.4 is 4.74 Å². The fourth-order valence-electron chi connectivity index (χ4n) is 2.31. The minimum Gasteiger partial charge on any atom is -0.493 e. The Hall–Kier alpha value is -2.33. The van der Waals surface area contributed by atoms with E-state index in [1.807, 2.05) is 49.4 Å². The molecule has 1 atom stereocenters. The molecule has 0 spiro atoms. The van der Waals surface area contributed by atoms with E-state index in [0.29, 0.717) is 13.0 Å². The van der Waals surface area contributed by atoms with Crippen molar-refractivity contribution in [1.82, 2.24) is 0 Å². The quantitative estimate of drug-likeness (QED) is 0.819. The summed E-state index contributed by atoms with van der Waals surface area (Å²) in [5.74, 6) is -0.440. The summed E-state index contributed by atoms with van der Waals surface area (Å²) in [6, 6.07) is 13.7. The molecule has 4 heteroatoms. The number of aliphatic hydroxyl groups is 1. The number of ether oxygens (including phenoxy) is 1. The molecule has 2 aromatic rings. The van der Waals surface area contributed by atoms with Gasteiger partial charge in [-0.1, -0.05) is 31.2 Å². The summed E-state index contributed by atoms with van der Waals surface area (Å²) < 4.78 is 5.69. The van der Waals surface area contributed by atoms with Crippen LogP contribution in [0.3, 0.4) is 0 Å². The first-order chi connectivity index (χ1) is 11.0. The van der Waals surface area contributed by atoms with E-state index >= 15 is 0 Å². The van der Waals surface area contributed by atoms with Crippen LogP contribution in [0.15, 0.2) is 42.5 Å². The maximum absolute atomic E-state index is 10.8. The van der Waals surface area contributed by atoms with Crippen molar-refractivity contribution in [2.45, 2.75) is 26.9 Å². The highest BCUT2D eigenvalue weighted by Gasteiger charge is 2.11. The highest BCUT2D eigenvalue weighted by Crippen LogP contribution is 2.27. The van der Waals surface area contributed by atoms with Crippen LogP contribution in [-0.2, 0) is 11.4 Å². The zero-order valence-electron chi connectivity index (χ0n) is 13.5. The molecule has 0 bridgehead atoms. The minimum absolute atomic E-state index is 0.0236. The Morgan fingerprint density at radius 3 is 2.57 bits per heavy atom. The third kappa shape index (κ3) is 4.57. The number of carbonyl (C=O) groups is 1. The summed E-state index contributed by atoms with van der Waals surface area (Å²) in [5.41, 5.74) is 3.98. The fourth-order valence-corrected chi connectivity index (χ4v) is 2.31. The van der Waals surface area contributed by atoms with Crippen LogP contribution in [0.2, 0.25) is 0 Å². The summed E-state index contributed by atoms with van der Waals surface area (Å²) in [4.78, 5) is 10.8. The highest BCUT2D eigenvalue weighted by atomic mass is 16.5. The van der Waals surface area contributed by atoms with Crippen LogP contribution in [0.5, 0.6) is 5.75 Å². The molecule has 2 N–H and O–H groups in total. The smallest absolute Gasteiger partial charge is 0.306 e. The maximum Gasteiger partial charge on any atom is 0.306 e. The third-order valence-corrected chi connectivity index (χ3v) is 3.85. The van der Waals surface area contributed by atoms with Crippen molar-refractivity contribution in [2.24, 2.45) is 5.92 Å². The van der Waals surface area contributed by atoms with Gasteiger partial charge in [-0.3, -0.25) is 4.79 Å². The van der Waals surface area contributed by atoms with Crippen molar-refractivity contribution in [3.63, 3.8) is 0 Å². The predicted molar refractivity (Wildman–Crippen MR) is 89.4 cm³/mol. The summed E-state index contributed by atoms with van der Waals surface area (Å²) in [6.45, 7) is 4.05. The van der Waals surface area contributed by atoms with Gasteiger partial charge in [0.1, 0.15) is 5.75 Å². The van der Waals surface area contributed by atoms with Gasteiger partial charge in [-0.2, -0.15) is 0 Å². The average molecular weight is 314 g/mol. The maximum atomic E-state index is 10.8. The molecule has 2 rings (SSSR count). The van der Waals surface area contributed by atoms with E-state index in [4.69, 9.17) is 9.84 Å². The molecule has 0 aliphatic heterocycles. The van der Waals surface area contributed by atoms with Crippen LogP contribution in [0.4, 0.5) is 0 Å². The van der Waals surface area contributed by atoms with Crippen LogP contribution >= 0.6 is 0 Å². The van der Waals surface area contributed by atoms with Crippen molar-refractivity contribution in [3.05, 3.63) is 53.6 Å². The van der Waals surface area contributed by atoms with Gasteiger partial charge in [-0.15, -0.1) is 0 Å². The Balaban J connectivity index is 2.07. The molecular formula is C19H22O4. The molecule has 23 heavy (non-hydrogen) atoms. The lowest BCUT2D eigenvalue weighted by Gasteiger charge is -2.12. The standard InChI is InChI=1S/C19H22O4/c1-13(19(21)22)8-9-23-18-7-6-17(10-14(18)2)16-5-3-4-15(11-16)12-20/h3-7,10-11,13,20H,8-9,12H2,1-2H3,(H,21,22). The molecule has 0 aromatic heterocycles. The summed E-state index contributed by atoms with van der Waals surface area (Å²) in [6.07, 6.45) is 0.481. The minimum atomic E-state index is -0.801. The number of carboxylic acid groups (broad SMARTS) is 1. The first-order valence-electron chi connectivity index (χ1n) is 7.67. The van der Waals surface area contributed by atoms with Gasteiger partial charge in [0, 0.05) is 0 Å². The van der Waals surface area contributed by atoms with E-state index < -0.39 is 11.9 Å². The fraction of sp³-hybridized carbons (Fsp3) is 0.316. The van der Waals surface area contributed by atoms with Gasteiger partial charge < -0.3 is 14.9 Å². The molecule has 1 unspecified atom stereocenters. The van der Waals surface area contributed by atoms with Crippen LogP contribution in [0, 0.1) is 12.8 Å². The molecule has 0 amide bonds. The van der Waals surface area contributed by atoms with E-state index in [1.165, 1.54) is 0 Å². The van der Waals surface area contributed by atoms with Crippen LogP contribution in [0.1, 0.15) is 24.5 Å². The predicted octanol–water partition coefficient (Wildman–Crippen LogP) is 3.64. The zero-order chi connectivity index (χ0) is 16.8. The van der Waals surface area contributed by atoms with Crippen molar-refractivity contribution in [3.8, 4) is 16.9 Å². The van der Waals surface area contributed by atoms with Gasteiger partial charge in [0.05, 0.1) is 19.1 Å². The first-order valence-corrected chi connectivity index (χ1v) is 7.67. The van der Waals surface area contributed by atoms with Crippen molar-refractivity contribution < 1.29 is 19.7 Å². The Labute approximate surface area is 136 Å². The van der Waals surface area contributed by atoms with Crippen molar-refractivity contribution in [2.75, 3.05) is 6.61 Å². The Morgan fingerprint density at radius 1 is 1.17 bits per heavy atom. The molecule has 0 heterocycles. The second kappa shape index (κ2) is 7.79. The van der Waals surface area contributed by atoms with Gasteiger partial charge in [-0.25, -0.2) is 0 Å². The summed E-state index contributed by atoms with van der Waals surface area (Å²) >= 11 is 0. The number of carboxylic acids is 1. The molecule has 0 fully saturated rings. The lowest BCUT2D eigenvalue weighted by Crippen LogP contribution is -2.13. The molecular weight excluding hydrogens is 292 g/mol. The first kappa shape index (κ1) is 17.0. The van der Waals surface area contributed by atoms with Gasteiger partial charge in [0.15, 0.2) is 0 Å². The number of benzene rings is 2. The van der Waals surface area contributed by atoms with Gasteiger partial charge in [-0.05, 0) is 53.8 Å². The molecule has 0 radical (unpaired) electrons. The van der Waals surface area contributed by atoms with Crippen LogP contribution in [-0.4, -0.2) is 22.8 Å². The van der Waals surface area contributed by atoms with Crippen molar-refractivity contribution >= 4 is 5.97 Å². The largest absolute Gasteiger partial charge is 0.493 e. The van der Waals surface area contributed by atoms with Gasteiger partial charge >= 0.3 is 5.97 Å². The molecule has 122 valence electrons. The van der Waals surface area contributed by atoms with E-state index in [1.54, 1.807) is 6.92 Å². The normalized spacial score (nSPS) is 12.0. The van der Waals surface area contributed by atoms with Crippen molar-refractivity contribution in [1.29, 1.82) is 0 Å². The lowest BCUT2D eigenvalue weighted by atomic mass is 10.0. The number of aliphatic carboxylic acids is 1. The van der Waals surface area contributed by atoms with Crippen LogP contribution in [0.25, 0.3) is 11.1 Å². The second-order valence-corrected chi connectivity index (χ2v) is 5.72. The molecule has 0 aliphatic carbocycles. The topological polar surface area (TPSA) is 66.8 Å². The van der Waals surface area contributed by atoms with E-state index in [2.05, 4.69) is 0 Å². The Kier molecular flexibility index (Phi) is 5.77. The lowest BCUT2D eigenvalue weighted by molar-refractivity contribution is -0.141.